The largest absolute Gasteiger partial charge is 1.00 e. The van der Waals surface area contributed by atoms with E-state index in [1.54, 1.807) is 16.7 Å². The third-order valence-corrected chi connectivity index (χ3v) is 7.16. The molecule has 0 aromatic heterocycles. The second-order valence-electron chi connectivity index (χ2n) is 4.66. The van der Waals surface area contributed by atoms with Crippen molar-refractivity contribution in [2.24, 2.45) is 5.41 Å². The molecule has 110 valence electrons. The summed E-state index contributed by atoms with van der Waals surface area (Å²) < 4.78 is 1.81. The molecule has 19 heavy (non-hydrogen) atoms. The maximum absolute atomic E-state index is 2.38. The summed E-state index contributed by atoms with van der Waals surface area (Å²) in [6.07, 6.45) is 6.34. The fraction of sp³-hybridized carbons (Fsp3) is 0.733. The van der Waals surface area contributed by atoms with Crippen molar-refractivity contribution in [3.63, 3.8) is 0 Å². The van der Waals surface area contributed by atoms with Crippen molar-refractivity contribution in [3.05, 3.63) is 20.0 Å². The number of halogens is 3. The van der Waals surface area contributed by atoms with Crippen LogP contribution in [0.5, 0.6) is 0 Å². The number of rotatable bonds is 5. The minimum Gasteiger partial charge on any atom is -1.00 e. The van der Waals surface area contributed by atoms with Gasteiger partial charge in [-0.15, -0.1) is 0 Å². The Labute approximate surface area is 153 Å². The Morgan fingerprint density at radius 2 is 1.16 bits per heavy atom. The van der Waals surface area contributed by atoms with Gasteiger partial charge in [-0.1, -0.05) is 0 Å². The van der Waals surface area contributed by atoms with E-state index in [9.17, 15) is 0 Å². The normalized spacial score (nSPS) is 16.8. The van der Waals surface area contributed by atoms with Crippen molar-refractivity contribution in [2.45, 2.75) is 66.7 Å². The molecule has 0 atom stereocenters. The summed E-state index contributed by atoms with van der Waals surface area (Å²) in [4.78, 5) is 0. The molecule has 0 spiro atoms. The first kappa shape index (κ1) is 25.2. The summed E-state index contributed by atoms with van der Waals surface area (Å²) in [5, 5.41) is 0. The Morgan fingerprint density at radius 1 is 0.737 bits per heavy atom. The van der Waals surface area contributed by atoms with E-state index in [0.717, 1.165) is 0 Å². The van der Waals surface area contributed by atoms with Gasteiger partial charge in [-0.3, -0.25) is 0 Å². The van der Waals surface area contributed by atoms with Crippen molar-refractivity contribution < 1.29 is 61.6 Å². The molecule has 1 aliphatic carbocycles. The molecular formula is C15H25Cl3Hf. The summed E-state index contributed by atoms with van der Waals surface area (Å²) in [6.45, 7) is 11.8. The predicted octanol–water partition coefficient (Wildman–Crippen LogP) is -3.85. The molecule has 0 saturated heterocycles. The minimum atomic E-state index is 0. The van der Waals surface area contributed by atoms with Gasteiger partial charge in [-0.05, 0) is 0 Å². The van der Waals surface area contributed by atoms with E-state index in [1.165, 1.54) is 56.5 Å². The van der Waals surface area contributed by atoms with Gasteiger partial charge in [0.15, 0.2) is 0 Å². The molecule has 0 unspecified atom stereocenters. The maximum Gasteiger partial charge on any atom is -1.00 e. The third kappa shape index (κ3) is 4.11. The zero-order valence-corrected chi connectivity index (χ0v) is 18.5. The first-order chi connectivity index (χ1) is 7.62. The average Bonchev–Trinajstić information content (AvgIpc) is 2.56. The van der Waals surface area contributed by atoms with Crippen molar-refractivity contribution in [3.8, 4) is 0 Å². The Bertz CT molecular complexity index is 328. The molecule has 0 nitrogen and oxygen atoms in total. The molecular weight excluding hydrogens is 465 g/mol. The van der Waals surface area contributed by atoms with Crippen molar-refractivity contribution in [2.75, 3.05) is 0 Å². The quantitative estimate of drug-likeness (QED) is 0.347. The summed E-state index contributed by atoms with van der Waals surface area (Å²) in [7, 11) is 0. The van der Waals surface area contributed by atoms with Crippen LogP contribution in [0, 0.1) is 5.41 Å². The SMILES string of the molecule is CCC1=[C]([Hf+3])C(CC)(CC)C(CC)=C1CC.[Cl-].[Cl-].[Cl-]. The molecule has 0 amide bonds. The van der Waals surface area contributed by atoms with Gasteiger partial charge in [-0.25, -0.2) is 0 Å². The second kappa shape index (κ2) is 10.9. The van der Waals surface area contributed by atoms with Crippen LogP contribution in [0.25, 0.3) is 0 Å². The summed E-state index contributed by atoms with van der Waals surface area (Å²) >= 11 is 1.25. The van der Waals surface area contributed by atoms with Gasteiger partial charge < -0.3 is 37.2 Å². The summed E-state index contributed by atoms with van der Waals surface area (Å²) in [6, 6.07) is 0. The molecule has 0 N–H and O–H groups in total. The van der Waals surface area contributed by atoms with Gasteiger partial charge in [-0.2, -0.15) is 0 Å². The van der Waals surface area contributed by atoms with Crippen LogP contribution in [0.1, 0.15) is 66.7 Å². The fourth-order valence-corrected chi connectivity index (χ4v) is 6.45. The Hall–Kier alpha value is 1.22. The van der Waals surface area contributed by atoms with Gasteiger partial charge in [0, 0.05) is 0 Å². The maximum atomic E-state index is 2.38. The van der Waals surface area contributed by atoms with Gasteiger partial charge in [0.25, 0.3) is 0 Å². The van der Waals surface area contributed by atoms with Crippen molar-refractivity contribution in [1.82, 2.24) is 0 Å². The molecule has 0 aromatic rings. The molecule has 0 bridgehead atoms. The molecule has 0 aliphatic heterocycles. The third-order valence-electron chi connectivity index (χ3n) is 4.35. The molecule has 0 aromatic carbocycles. The van der Waals surface area contributed by atoms with E-state index in [4.69, 9.17) is 0 Å². The van der Waals surface area contributed by atoms with Gasteiger partial charge >= 0.3 is 117 Å². The van der Waals surface area contributed by atoms with E-state index in [2.05, 4.69) is 34.6 Å². The van der Waals surface area contributed by atoms with Gasteiger partial charge in [0.2, 0.25) is 0 Å². The Morgan fingerprint density at radius 3 is 1.42 bits per heavy atom. The predicted molar refractivity (Wildman–Crippen MR) is 67.9 cm³/mol. The van der Waals surface area contributed by atoms with Crippen LogP contribution in [0.4, 0.5) is 0 Å². The van der Waals surface area contributed by atoms with Crippen LogP contribution < -0.4 is 37.2 Å². The zero-order chi connectivity index (χ0) is 12.3. The molecule has 0 saturated carbocycles. The molecule has 1 aliphatic rings. The van der Waals surface area contributed by atoms with Crippen LogP contribution in [0.2, 0.25) is 0 Å². The van der Waals surface area contributed by atoms with E-state index < -0.39 is 0 Å². The van der Waals surface area contributed by atoms with Crippen molar-refractivity contribution in [1.29, 1.82) is 0 Å². The first-order valence-corrected chi connectivity index (χ1v) is 8.60. The number of hydrogen-bond donors (Lipinski definition) is 0. The topological polar surface area (TPSA) is 0 Å². The summed E-state index contributed by atoms with van der Waals surface area (Å²) in [5.74, 6) is 0. The molecule has 4 heteroatoms. The van der Waals surface area contributed by atoms with Crippen LogP contribution in [-0.4, -0.2) is 0 Å². The fourth-order valence-electron chi connectivity index (χ4n) is 3.46. The number of allylic oxidation sites excluding steroid dienone is 4. The van der Waals surface area contributed by atoms with Crippen LogP contribution >= 0.6 is 0 Å². The van der Waals surface area contributed by atoms with Crippen LogP contribution in [0.15, 0.2) is 20.0 Å². The molecule has 0 heterocycles. The minimum absolute atomic E-state index is 0. The van der Waals surface area contributed by atoms with Gasteiger partial charge in [0.1, 0.15) is 0 Å². The smallest absolute Gasteiger partial charge is 1.00 e. The Kier molecular flexibility index (Phi) is 14.4. The van der Waals surface area contributed by atoms with Crippen LogP contribution in [-0.2, 0) is 24.4 Å². The van der Waals surface area contributed by atoms with E-state index in [1.807, 2.05) is 3.33 Å². The van der Waals surface area contributed by atoms with Crippen LogP contribution in [0.3, 0.4) is 0 Å². The molecule has 0 radical (unpaired) electrons. The average molecular weight is 490 g/mol. The zero-order valence-electron chi connectivity index (χ0n) is 12.7. The molecule has 0 fully saturated rings. The van der Waals surface area contributed by atoms with E-state index >= 15 is 0 Å². The number of hydrogen-bond acceptors (Lipinski definition) is 0. The molecule has 1 rings (SSSR count). The monoisotopic (exact) mass is 490 g/mol. The Balaban J connectivity index is -0.000000853. The van der Waals surface area contributed by atoms with E-state index in [0.29, 0.717) is 5.41 Å². The van der Waals surface area contributed by atoms with Crippen molar-refractivity contribution >= 4 is 0 Å². The summed E-state index contributed by atoms with van der Waals surface area (Å²) in [5.41, 5.74) is 5.70. The van der Waals surface area contributed by atoms with Gasteiger partial charge in [0.05, 0.1) is 0 Å². The second-order valence-corrected chi connectivity index (χ2v) is 6.46. The first-order valence-electron chi connectivity index (χ1n) is 6.80. The standard InChI is InChI=1S/C15H25.3ClH.Hf/c1-6-12-11-15(9-4,10-5)14(8-3)13(12)7-2;;;;/h6-10H2,1-5H3;3*1H;/q;;;;+3/p-3. The van der Waals surface area contributed by atoms with E-state index in [-0.39, 0.29) is 37.2 Å².